The standard InChI is InChI=1S/C23H26N2O3S/c1-14-7-5-6-8-16(14)22(27)28-13-20(26)25-21-18(12-24)17-10-9-15(23(2,3)4)11-19(17)29-21/h5-8,15H,9-11,13H2,1-4H3,(H,25,26)/t15-/m1/s1. The molecular formula is C23H26N2O3S. The third-order valence-electron chi connectivity index (χ3n) is 5.55. The molecule has 0 fully saturated rings. The van der Waals surface area contributed by atoms with Crippen molar-refractivity contribution in [3.05, 3.63) is 51.4 Å². The average Bonchev–Trinajstić information content (AvgIpc) is 3.01. The zero-order valence-corrected chi connectivity index (χ0v) is 18.1. The summed E-state index contributed by atoms with van der Waals surface area (Å²) in [6.07, 6.45) is 2.83. The smallest absolute Gasteiger partial charge is 0.338 e. The van der Waals surface area contributed by atoms with Gasteiger partial charge in [0.2, 0.25) is 0 Å². The van der Waals surface area contributed by atoms with Gasteiger partial charge in [0.15, 0.2) is 6.61 Å². The van der Waals surface area contributed by atoms with Crippen LogP contribution in [-0.2, 0) is 22.4 Å². The number of rotatable bonds is 4. The van der Waals surface area contributed by atoms with Gasteiger partial charge in [0.05, 0.1) is 11.1 Å². The lowest BCUT2D eigenvalue weighted by Crippen LogP contribution is -2.26. The van der Waals surface area contributed by atoms with Crippen molar-refractivity contribution in [2.45, 2.75) is 47.0 Å². The van der Waals surface area contributed by atoms with Gasteiger partial charge in [-0.1, -0.05) is 39.0 Å². The number of esters is 1. The number of thiophene rings is 1. The van der Waals surface area contributed by atoms with Gasteiger partial charge < -0.3 is 10.1 Å². The molecule has 29 heavy (non-hydrogen) atoms. The van der Waals surface area contributed by atoms with Crippen molar-refractivity contribution in [3.63, 3.8) is 0 Å². The van der Waals surface area contributed by atoms with E-state index in [2.05, 4.69) is 32.2 Å². The van der Waals surface area contributed by atoms with Gasteiger partial charge in [0.25, 0.3) is 5.91 Å². The number of fused-ring (bicyclic) bond motifs is 1. The van der Waals surface area contributed by atoms with E-state index in [9.17, 15) is 14.9 Å². The molecule has 1 aromatic heterocycles. The van der Waals surface area contributed by atoms with Crippen molar-refractivity contribution in [3.8, 4) is 6.07 Å². The van der Waals surface area contributed by atoms with E-state index in [-0.39, 0.29) is 12.0 Å². The monoisotopic (exact) mass is 410 g/mol. The lowest BCUT2D eigenvalue weighted by molar-refractivity contribution is -0.119. The van der Waals surface area contributed by atoms with E-state index in [1.807, 2.05) is 19.1 Å². The number of carbonyl (C=O) groups is 2. The fraction of sp³-hybridized carbons (Fsp3) is 0.435. The first-order valence-electron chi connectivity index (χ1n) is 9.78. The van der Waals surface area contributed by atoms with Gasteiger partial charge in [-0.2, -0.15) is 5.26 Å². The van der Waals surface area contributed by atoms with Crippen LogP contribution in [0.3, 0.4) is 0 Å². The summed E-state index contributed by atoms with van der Waals surface area (Å²) in [5.41, 5.74) is 3.06. The maximum atomic E-state index is 12.3. The molecular weight excluding hydrogens is 384 g/mol. The molecule has 0 aliphatic heterocycles. The topological polar surface area (TPSA) is 79.2 Å². The van der Waals surface area contributed by atoms with Crippen LogP contribution in [0, 0.1) is 29.6 Å². The molecule has 1 amide bonds. The number of anilines is 1. The molecule has 1 aliphatic rings. The second-order valence-electron chi connectivity index (χ2n) is 8.56. The Morgan fingerprint density at radius 3 is 2.69 bits per heavy atom. The molecule has 5 nitrogen and oxygen atoms in total. The lowest BCUT2D eigenvalue weighted by atomic mass is 9.72. The van der Waals surface area contributed by atoms with Gasteiger partial charge in [0, 0.05) is 4.88 Å². The molecule has 152 valence electrons. The van der Waals surface area contributed by atoms with Gasteiger partial charge in [-0.25, -0.2) is 4.79 Å². The van der Waals surface area contributed by atoms with E-state index in [1.54, 1.807) is 12.1 Å². The highest BCUT2D eigenvalue weighted by Gasteiger charge is 2.32. The number of ether oxygens (including phenoxy) is 1. The van der Waals surface area contributed by atoms with Gasteiger partial charge in [0.1, 0.15) is 11.1 Å². The van der Waals surface area contributed by atoms with Crippen LogP contribution in [0.2, 0.25) is 0 Å². The maximum Gasteiger partial charge on any atom is 0.338 e. The summed E-state index contributed by atoms with van der Waals surface area (Å²) in [5, 5.41) is 13.0. The first-order chi connectivity index (χ1) is 13.7. The van der Waals surface area contributed by atoms with Crippen LogP contribution in [0.1, 0.15) is 59.1 Å². The third kappa shape index (κ3) is 4.68. The fourth-order valence-corrected chi connectivity index (χ4v) is 5.00. The SMILES string of the molecule is Cc1ccccc1C(=O)OCC(=O)Nc1sc2c(c1C#N)CC[C@@H](C(C)(C)C)C2. The van der Waals surface area contributed by atoms with Crippen molar-refractivity contribution in [1.82, 2.24) is 0 Å². The highest BCUT2D eigenvalue weighted by Crippen LogP contribution is 2.43. The van der Waals surface area contributed by atoms with Crippen molar-refractivity contribution >= 4 is 28.2 Å². The molecule has 0 spiro atoms. The Labute approximate surface area is 175 Å². The van der Waals surface area contributed by atoms with Crippen LogP contribution >= 0.6 is 11.3 Å². The molecule has 1 atom stereocenters. The predicted molar refractivity (Wildman–Crippen MR) is 114 cm³/mol. The summed E-state index contributed by atoms with van der Waals surface area (Å²) < 4.78 is 5.15. The van der Waals surface area contributed by atoms with E-state index in [0.717, 1.165) is 30.4 Å². The Morgan fingerprint density at radius 1 is 1.31 bits per heavy atom. The zero-order chi connectivity index (χ0) is 21.2. The number of nitrogens with zero attached hydrogens (tertiary/aromatic N) is 1. The molecule has 1 heterocycles. The van der Waals surface area contributed by atoms with Crippen LogP contribution < -0.4 is 5.32 Å². The lowest BCUT2D eigenvalue weighted by Gasteiger charge is -2.33. The Kier molecular flexibility index (Phi) is 6.09. The summed E-state index contributed by atoms with van der Waals surface area (Å²) in [7, 11) is 0. The number of nitriles is 1. The van der Waals surface area contributed by atoms with Gasteiger partial charge in [-0.3, -0.25) is 4.79 Å². The largest absolute Gasteiger partial charge is 0.452 e. The molecule has 0 bridgehead atoms. The molecule has 2 aromatic rings. The summed E-state index contributed by atoms with van der Waals surface area (Å²) in [6.45, 7) is 8.16. The molecule has 0 saturated carbocycles. The van der Waals surface area contributed by atoms with Gasteiger partial charge in [-0.15, -0.1) is 11.3 Å². The van der Waals surface area contributed by atoms with E-state index >= 15 is 0 Å². The summed E-state index contributed by atoms with van der Waals surface area (Å²) >= 11 is 1.47. The minimum Gasteiger partial charge on any atom is -0.452 e. The van der Waals surface area contributed by atoms with Crippen molar-refractivity contribution in [2.75, 3.05) is 11.9 Å². The average molecular weight is 411 g/mol. The van der Waals surface area contributed by atoms with Gasteiger partial charge >= 0.3 is 5.97 Å². The quantitative estimate of drug-likeness (QED) is 0.729. The summed E-state index contributed by atoms with van der Waals surface area (Å²) in [6, 6.07) is 9.33. The normalized spacial score (nSPS) is 15.9. The van der Waals surface area contributed by atoms with Crippen molar-refractivity contribution < 1.29 is 14.3 Å². The van der Waals surface area contributed by atoms with E-state index in [0.29, 0.717) is 22.0 Å². The molecule has 0 unspecified atom stereocenters. The summed E-state index contributed by atoms with van der Waals surface area (Å²) in [4.78, 5) is 25.7. The highest BCUT2D eigenvalue weighted by atomic mass is 32.1. The van der Waals surface area contributed by atoms with Crippen LogP contribution in [-0.4, -0.2) is 18.5 Å². The predicted octanol–water partition coefficient (Wildman–Crippen LogP) is 4.87. The molecule has 3 rings (SSSR count). The Hall–Kier alpha value is -2.65. The molecule has 0 saturated heterocycles. The highest BCUT2D eigenvalue weighted by molar-refractivity contribution is 7.16. The van der Waals surface area contributed by atoms with Crippen LogP contribution in [0.4, 0.5) is 5.00 Å². The number of hydrogen-bond acceptors (Lipinski definition) is 5. The first kappa shape index (κ1) is 21.1. The number of amides is 1. The number of benzene rings is 1. The number of carbonyl (C=O) groups excluding carboxylic acids is 2. The molecule has 1 aromatic carbocycles. The number of aryl methyl sites for hydroxylation is 1. The van der Waals surface area contributed by atoms with E-state index in [4.69, 9.17) is 4.74 Å². The minimum atomic E-state index is -0.530. The van der Waals surface area contributed by atoms with Crippen LogP contribution in [0.25, 0.3) is 0 Å². The fourth-order valence-electron chi connectivity index (χ4n) is 3.70. The minimum absolute atomic E-state index is 0.210. The maximum absolute atomic E-state index is 12.3. The first-order valence-corrected chi connectivity index (χ1v) is 10.6. The number of nitrogens with one attached hydrogen (secondary N) is 1. The Bertz CT molecular complexity index is 979. The van der Waals surface area contributed by atoms with Crippen molar-refractivity contribution in [2.24, 2.45) is 11.3 Å². The molecule has 1 aliphatic carbocycles. The van der Waals surface area contributed by atoms with Gasteiger partial charge in [-0.05, 0) is 54.7 Å². The second-order valence-corrected chi connectivity index (χ2v) is 9.67. The second kappa shape index (κ2) is 8.38. The molecule has 1 N–H and O–H groups in total. The Morgan fingerprint density at radius 2 is 2.03 bits per heavy atom. The van der Waals surface area contributed by atoms with Crippen molar-refractivity contribution in [1.29, 1.82) is 5.26 Å². The van der Waals surface area contributed by atoms with E-state index < -0.39 is 11.9 Å². The molecule has 6 heteroatoms. The zero-order valence-electron chi connectivity index (χ0n) is 17.3. The van der Waals surface area contributed by atoms with Crippen LogP contribution in [0.15, 0.2) is 24.3 Å². The molecule has 0 radical (unpaired) electrons. The van der Waals surface area contributed by atoms with E-state index in [1.165, 1.54) is 16.2 Å². The summed E-state index contributed by atoms with van der Waals surface area (Å²) in [5.74, 6) is -0.412. The van der Waals surface area contributed by atoms with Crippen LogP contribution in [0.5, 0.6) is 0 Å². The number of hydrogen-bond donors (Lipinski definition) is 1. The third-order valence-corrected chi connectivity index (χ3v) is 6.72. The Balaban J connectivity index is 1.67.